The van der Waals surface area contributed by atoms with Crippen LogP contribution < -0.4 is 16.0 Å². The van der Waals surface area contributed by atoms with Gasteiger partial charge in [0.2, 0.25) is 5.91 Å². The number of unbranched alkanes of at least 4 members (excludes halogenated alkanes) is 2. The zero-order valence-corrected chi connectivity index (χ0v) is 20.9. The van der Waals surface area contributed by atoms with Crippen molar-refractivity contribution in [2.45, 2.75) is 58.8 Å². The summed E-state index contributed by atoms with van der Waals surface area (Å²) in [6, 6.07) is 12.7. The molecule has 2 amide bonds. The number of benzene rings is 2. The Morgan fingerprint density at radius 3 is 2.13 bits per heavy atom. The summed E-state index contributed by atoms with van der Waals surface area (Å²) in [5.74, 6) is -0.268. The van der Waals surface area contributed by atoms with E-state index in [1.165, 1.54) is 0 Å². The number of thiocarbonyl (C=S) groups is 1. The highest BCUT2D eigenvalue weighted by Gasteiger charge is 2.18. The van der Waals surface area contributed by atoms with E-state index in [4.69, 9.17) is 12.2 Å². The Hall–Kier alpha value is -2.25. The molecule has 2 rings (SSSR count). The molecule has 0 aliphatic rings. The zero-order valence-electron chi connectivity index (χ0n) is 18.5. The minimum atomic E-state index is -0.283. The van der Waals surface area contributed by atoms with Crippen molar-refractivity contribution in [1.29, 1.82) is 0 Å². The molecule has 0 aliphatic carbocycles. The highest BCUT2D eigenvalue weighted by molar-refractivity contribution is 9.10. The van der Waals surface area contributed by atoms with E-state index >= 15 is 0 Å². The van der Waals surface area contributed by atoms with Crippen LogP contribution in [-0.2, 0) is 10.2 Å². The van der Waals surface area contributed by atoms with Crippen LogP contribution in [0, 0.1) is 0 Å². The number of rotatable bonds is 7. The summed E-state index contributed by atoms with van der Waals surface area (Å²) in [7, 11) is 0. The van der Waals surface area contributed by atoms with Crippen molar-refractivity contribution in [1.82, 2.24) is 5.32 Å². The average molecular weight is 504 g/mol. The van der Waals surface area contributed by atoms with E-state index < -0.39 is 0 Å². The third-order valence-corrected chi connectivity index (χ3v) is 5.56. The lowest BCUT2D eigenvalue weighted by molar-refractivity contribution is -0.116. The van der Waals surface area contributed by atoms with E-state index in [1.54, 1.807) is 36.4 Å². The van der Waals surface area contributed by atoms with Crippen LogP contribution in [-0.4, -0.2) is 16.9 Å². The Labute approximate surface area is 198 Å². The molecule has 0 heterocycles. The van der Waals surface area contributed by atoms with E-state index in [0.29, 0.717) is 12.0 Å². The lowest BCUT2D eigenvalue weighted by atomic mass is 9.86. The third-order valence-electron chi connectivity index (χ3n) is 4.70. The van der Waals surface area contributed by atoms with Gasteiger partial charge in [0.15, 0.2) is 5.11 Å². The fourth-order valence-electron chi connectivity index (χ4n) is 3.00. The van der Waals surface area contributed by atoms with Gasteiger partial charge in [0, 0.05) is 27.8 Å². The number of hydrogen-bond acceptors (Lipinski definition) is 3. The molecule has 0 unspecified atom stereocenters. The summed E-state index contributed by atoms with van der Waals surface area (Å²) < 4.78 is 0.888. The molecule has 2 aromatic carbocycles. The predicted molar refractivity (Wildman–Crippen MR) is 136 cm³/mol. The molecule has 5 nitrogen and oxygen atoms in total. The fourth-order valence-corrected chi connectivity index (χ4v) is 4.18. The van der Waals surface area contributed by atoms with Gasteiger partial charge in [-0.25, -0.2) is 0 Å². The molecule has 0 spiro atoms. The fraction of sp³-hybridized carbons (Fsp3) is 0.375. The third kappa shape index (κ3) is 8.07. The number of carbonyl (C=O) groups excluding carboxylic acids is 2. The topological polar surface area (TPSA) is 70.2 Å². The average Bonchev–Trinajstić information content (AvgIpc) is 2.68. The minimum absolute atomic E-state index is 0.0144. The number of anilines is 2. The van der Waals surface area contributed by atoms with Gasteiger partial charge in [-0.05, 0) is 66.0 Å². The maximum Gasteiger partial charge on any atom is 0.257 e. The van der Waals surface area contributed by atoms with Crippen molar-refractivity contribution in [2.75, 3.05) is 10.6 Å². The lowest BCUT2D eigenvalue weighted by Crippen LogP contribution is -2.34. The van der Waals surface area contributed by atoms with Crippen LogP contribution in [0.5, 0.6) is 0 Å². The van der Waals surface area contributed by atoms with Crippen LogP contribution in [0.2, 0.25) is 0 Å². The van der Waals surface area contributed by atoms with Crippen molar-refractivity contribution in [3.05, 3.63) is 58.1 Å². The van der Waals surface area contributed by atoms with Crippen LogP contribution in [0.25, 0.3) is 0 Å². The van der Waals surface area contributed by atoms with Crippen molar-refractivity contribution in [2.24, 2.45) is 0 Å². The lowest BCUT2D eigenvalue weighted by Gasteiger charge is -2.21. The summed E-state index contributed by atoms with van der Waals surface area (Å²) in [5, 5.41) is 8.77. The van der Waals surface area contributed by atoms with Crippen LogP contribution >= 0.6 is 28.1 Å². The van der Waals surface area contributed by atoms with Gasteiger partial charge in [0.25, 0.3) is 5.91 Å². The zero-order chi connectivity index (χ0) is 23.0. The first-order chi connectivity index (χ1) is 14.6. The second-order valence-electron chi connectivity index (χ2n) is 8.44. The highest BCUT2D eigenvalue weighted by Crippen LogP contribution is 2.30. The molecule has 0 saturated heterocycles. The van der Waals surface area contributed by atoms with Crippen molar-refractivity contribution in [3.63, 3.8) is 0 Å². The van der Waals surface area contributed by atoms with E-state index in [-0.39, 0.29) is 22.3 Å². The van der Waals surface area contributed by atoms with Gasteiger partial charge in [0.1, 0.15) is 0 Å². The van der Waals surface area contributed by atoms with Crippen LogP contribution in [0.4, 0.5) is 11.4 Å². The molecular formula is C24H30BrN3O2S. The molecule has 0 bridgehead atoms. The summed E-state index contributed by atoms with van der Waals surface area (Å²) >= 11 is 8.82. The molecule has 0 atom stereocenters. The number of carbonyl (C=O) groups is 2. The molecule has 0 fully saturated rings. The molecule has 2 aromatic rings. The molecule has 31 heavy (non-hydrogen) atoms. The van der Waals surface area contributed by atoms with E-state index in [2.05, 4.69) is 59.6 Å². The van der Waals surface area contributed by atoms with Crippen LogP contribution in [0.1, 0.15) is 69.3 Å². The Bertz CT molecular complexity index is 937. The summed E-state index contributed by atoms with van der Waals surface area (Å²) in [6.07, 6.45) is 3.56. The van der Waals surface area contributed by atoms with Crippen LogP contribution in [0.3, 0.4) is 0 Å². The normalized spacial score (nSPS) is 11.0. The Morgan fingerprint density at radius 1 is 0.968 bits per heavy atom. The Balaban J connectivity index is 1.90. The highest BCUT2D eigenvalue weighted by atomic mass is 79.9. The number of nitrogens with one attached hydrogen (secondary N) is 3. The number of amides is 2. The molecule has 0 radical (unpaired) electrons. The van der Waals surface area contributed by atoms with E-state index in [1.807, 2.05) is 6.07 Å². The Kier molecular flexibility index (Phi) is 9.19. The predicted octanol–water partition coefficient (Wildman–Crippen LogP) is 6.39. The number of hydrogen-bond donors (Lipinski definition) is 3. The Morgan fingerprint density at radius 2 is 1.58 bits per heavy atom. The smallest absolute Gasteiger partial charge is 0.257 e. The first-order valence-electron chi connectivity index (χ1n) is 10.4. The quantitative estimate of drug-likeness (QED) is 0.302. The summed E-state index contributed by atoms with van der Waals surface area (Å²) in [6.45, 7) is 8.47. The first kappa shape index (κ1) is 25.0. The summed E-state index contributed by atoms with van der Waals surface area (Å²) in [4.78, 5) is 24.4. The maximum atomic E-state index is 12.5. The SMILES string of the molecule is CCCCCC(=O)Nc1ccc(NC(=S)NC(=O)c2ccc(C(C)(C)C)c(Br)c2)cc1. The van der Waals surface area contributed by atoms with Gasteiger partial charge in [-0.2, -0.15) is 0 Å². The molecular weight excluding hydrogens is 474 g/mol. The van der Waals surface area contributed by atoms with Gasteiger partial charge in [-0.15, -0.1) is 0 Å². The van der Waals surface area contributed by atoms with E-state index in [0.717, 1.165) is 40.7 Å². The largest absolute Gasteiger partial charge is 0.332 e. The van der Waals surface area contributed by atoms with Gasteiger partial charge in [0.05, 0.1) is 0 Å². The summed E-state index contributed by atoms with van der Waals surface area (Å²) in [5.41, 5.74) is 3.07. The molecule has 7 heteroatoms. The van der Waals surface area contributed by atoms with Crippen molar-refractivity contribution < 1.29 is 9.59 Å². The van der Waals surface area contributed by atoms with Gasteiger partial charge in [-0.1, -0.05) is 62.5 Å². The molecule has 0 aromatic heterocycles. The first-order valence-corrected chi connectivity index (χ1v) is 11.6. The monoisotopic (exact) mass is 503 g/mol. The number of halogens is 1. The van der Waals surface area contributed by atoms with Gasteiger partial charge >= 0.3 is 0 Å². The molecule has 166 valence electrons. The minimum Gasteiger partial charge on any atom is -0.332 e. The molecule has 0 aliphatic heterocycles. The molecule has 3 N–H and O–H groups in total. The second kappa shape index (κ2) is 11.4. The van der Waals surface area contributed by atoms with Crippen molar-refractivity contribution in [3.8, 4) is 0 Å². The molecule has 0 saturated carbocycles. The maximum absolute atomic E-state index is 12.5. The van der Waals surface area contributed by atoms with Crippen molar-refractivity contribution >= 4 is 56.4 Å². The second-order valence-corrected chi connectivity index (χ2v) is 9.70. The van der Waals surface area contributed by atoms with Crippen LogP contribution in [0.15, 0.2) is 46.9 Å². The van der Waals surface area contributed by atoms with Gasteiger partial charge in [-0.3, -0.25) is 14.9 Å². The van der Waals surface area contributed by atoms with Gasteiger partial charge < -0.3 is 10.6 Å². The van der Waals surface area contributed by atoms with E-state index in [9.17, 15) is 9.59 Å². The standard InChI is InChI=1S/C24H30BrN3O2S/c1-5-6-7-8-21(29)26-17-10-12-18(13-11-17)27-23(31)28-22(30)16-9-14-19(20(25)15-16)24(2,3)4/h9-15H,5-8H2,1-4H3,(H,26,29)(H2,27,28,30,31).